The second-order valence-electron chi connectivity index (χ2n) is 2.61. The third-order valence-corrected chi connectivity index (χ3v) is 1.54. The summed E-state index contributed by atoms with van der Waals surface area (Å²) >= 11 is 0. The molecule has 1 aliphatic rings. The SMILES string of the molecule is F[B-](F)(F)[O+]1CCCC1.OCCO. The molecule has 0 atom stereocenters. The first-order valence-electron chi connectivity index (χ1n) is 4.10. The highest BCUT2D eigenvalue weighted by molar-refractivity contribution is 6.52. The van der Waals surface area contributed by atoms with Gasteiger partial charge in [-0.25, -0.2) is 0 Å². The molecule has 0 aromatic rings. The standard InChI is InChI=1S/C4H8BF3O.C2H6O2/c6-5(7,8)9-3-1-2-4-9;3-1-2-4/h1-4H2;3-4H,1-2H2. The Balaban J connectivity index is 0.000000310. The van der Waals surface area contributed by atoms with Gasteiger partial charge in [-0.15, -0.1) is 0 Å². The summed E-state index contributed by atoms with van der Waals surface area (Å²) in [5, 5.41) is 15.2. The second kappa shape index (κ2) is 6.23. The van der Waals surface area contributed by atoms with Crippen molar-refractivity contribution in [3.8, 4) is 0 Å². The molecule has 80 valence electrons. The molecule has 13 heavy (non-hydrogen) atoms. The van der Waals surface area contributed by atoms with Crippen molar-refractivity contribution in [1.82, 2.24) is 0 Å². The summed E-state index contributed by atoms with van der Waals surface area (Å²) in [6.07, 6.45) is 1.32. The van der Waals surface area contributed by atoms with Gasteiger partial charge in [0, 0.05) is 12.8 Å². The molecule has 0 spiro atoms. The van der Waals surface area contributed by atoms with E-state index in [0.29, 0.717) is 12.8 Å². The van der Waals surface area contributed by atoms with Gasteiger partial charge in [-0.2, -0.15) is 0 Å². The summed E-state index contributed by atoms with van der Waals surface area (Å²) in [4.78, 5) is 0. The topological polar surface area (TPSA) is 43.2 Å². The van der Waals surface area contributed by atoms with Gasteiger partial charge >= 0.3 is 7.18 Å². The molecule has 7 heteroatoms. The lowest BCUT2D eigenvalue weighted by atomic mass is 10.2. The Morgan fingerprint density at radius 3 is 1.54 bits per heavy atom. The van der Waals surface area contributed by atoms with Gasteiger partial charge in [-0.05, 0) is 0 Å². The predicted octanol–water partition coefficient (Wildman–Crippen LogP) is 0.648. The van der Waals surface area contributed by atoms with Crippen LogP contribution in [0.3, 0.4) is 0 Å². The Morgan fingerprint density at radius 2 is 1.38 bits per heavy atom. The third kappa shape index (κ3) is 5.90. The molecule has 0 aromatic carbocycles. The van der Waals surface area contributed by atoms with Crippen molar-refractivity contribution in [3.63, 3.8) is 0 Å². The third-order valence-electron chi connectivity index (χ3n) is 1.54. The zero-order valence-corrected chi connectivity index (χ0v) is 7.26. The maximum absolute atomic E-state index is 11.7. The highest BCUT2D eigenvalue weighted by Gasteiger charge is 2.46. The number of halogens is 3. The molecule has 1 heterocycles. The maximum Gasteiger partial charge on any atom is 0.843 e. The van der Waals surface area contributed by atoms with Crippen LogP contribution in [0.4, 0.5) is 12.9 Å². The van der Waals surface area contributed by atoms with E-state index in [0.717, 1.165) is 0 Å². The first-order valence-corrected chi connectivity index (χ1v) is 4.10. The van der Waals surface area contributed by atoms with Crippen LogP contribution in [0.15, 0.2) is 0 Å². The van der Waals surface area contributed by atoms with Gasteiger partial charge in [0.2, 0.25) is 0 Å². The quantitative estimate of drug-likeness (QED) is 0.509. The van der Waals surface area contributed by atoms with Crippen molar-refractivity contribution in [1.29, 1.82) is 0 Å². The van der Waals surface area contributed by atoms with Crippen molar-refractivity contribution < 1.29 is 27.4 Å². The summed E-state index contributed by atoms with van der Waals surface area (Å²) in [5.41, 5.74) is 0. The molecule has 0 radical (unpaired) electrons. The van der Waals surface area contributed by atoms with Crippen molar-refractivity contribution in [2.75, 3.05) is 26.4 Å². The second-order valence-corrected chi connectivity index (χ2v) is 2.61. The molecular formula is C6H14BF3O3. The van der Waals surface area contributed by atoms with Gasteiger partial charge in [-0.3, -0.25) is 0 Å². The summed E-state index contributed by atoms with van der Waals surface area (Å²) in [6.45, 7) is 0.00694. The average molecular weight is 202 g/mol. The lowest BCUT2D eigenvalue weighted by Gasteiger charge is -2.24. The van der Waals surface area contributed by atoms with E-state index in [2.05, 4.69) is 0 Å². The van der Waals surface area contributed by atoms with E-state index in [9.17, 15) is 12.9 Å². The van der Waals surface area contributed by atoms with Gasteiger partial charge < -0.3 is 27.4 Å². The van der Waals surface area contributed by atoms with Crippen LogP contribution >= 0.6 is 0 Å². The fourth-order valence-corrected chi connectivity index (χ4v) is 0.944. The first-order chi connectivity index (χ1) is 6.02. The van der Waals surface area contributed by atoms with E-state index in [-0.39, 0.29) is 26.4 Å². The minimum Gasteiger partial charge on any atom is -0.582 e. The summed E-state index contributed by atoms with van der Waals surface area (Å²) < 4.78 is 36.5. The first kappa shape index (κ1) is 12.7. The maximum atomic E-state index is 11.7. The molecule has 0 bridgehead atoms. The molecule has 0 aliphatic carbocycles. The zero-order valence-electron chi connectivity index (χ0n) is 7.26. The van der Waals surface area contributed by atoms with Crippen LogP contribution in [0, 0.1) is 0 Å². The molecule has 0 saturated carbocycles. The average Bonchev–Trinajstić information content (AvgIpc) is 2.55. The molecular weight excluding hydrogens is 188 g/mol. The number of aliphatic hydroxyl groups is 2. The zero-order chi connectivity index (χ0) is 10.3. The molecule has 0 amide bonds. The summed E-state index contributed by atoms with van der Waals surface area (Å²) in [6, 6.07) is 0. The van der Waals surface area contributed by atoms with Crippen LogP contribution in [-0.2, 0) is 4.28 Å². The molecule has 1 fully saturated rings. The van der Waals surface area contributed by atoms with E-state index in [4.69, 9.17) is 10.2 Å². The lowest BCUT2D eigenvalue weighted by molar-refractivity contribution is -0.0303. The Hall–Kier alpha value is -0.265. The Labute approximate surface area is 74.9 Å². The highest BCUT2D eigenvalue weighted by atomic mass is 19.4. The highest BCUT2D eigenvalue weighted by Crippen LogP contribution is 2.25. The van der Waals surface area contributed by atoms with E-state index in [1.165, 1.54) is 4.28 Å². The lowest BCUT2D eigenvalue weighted by Crippen LogP contribution is -2.33. The van der Waals surface area contributed by atoms with Gasteiger partial charge in [0.25, 0.3) is 0 Å². The van der Waals surface area contributed by atoms with Gasteiger partial charge in [0.05, 0.1) is 13.2 Å². The van der Waals surface area contributed by atoms with Gasteiger partial charge in [-0.1, -0.05) is 0 Å². The van der Waals surface area contributed by atoms with Crippen LogP contribution in [0.5, 0.6) is 0 Å². The van der Waals surface area contributed by atoms with E-state index < -0.39 is 7.18 Å². The van der Waals surface area contributed by atoms with E-state index in [1.54, 1.807) is 0 Å². The normalized spacial score (nSPS) is 18.2. The minimum atomic E-state index is -4.76. The fraction of sp³-hybridized carbons (Fsp3) is 1.00. The van der Waals surface area contributed by atoms with Crippen molar-refractivity contribution in [2.45, 2.75) is 12.8 Å². The Kier molecular flexibility index (Phi) is 6.10. The largest absolute Gasteiger partial charge is 0.843 e. The van der Waals surface area contributed by atoms with Crippen molar-refractivity contribution in [2.24, 2.45) is 0 Å². The molecule has 0 aromatic heterocycles. The monoisotopic (exact) mass is 202 g/mol. The number of aliphatic hydroxyl groups excluding tert-OH is 2. The summed E-state index contributed by atoms with van der Waals surface area (Å²) in [7, 11) is -4.76. The minimum absolute atomic E-state index is 0.125. The van der Waals surface area contributed by atoms with Crippen LogP contribution in [0.1, 0.15) is 12.8 Å². The van der Waals surface area contributed by atoms with Crippen LogP contribution in [0.2, 0.25) is 0 Å². The summed E-state index contributed by atoms with van der Waals surface area (Å²) in [5.74, 6) is 0. The van der Waals surface area contributed by atoms with Crippen LogP contribution in [-0.4, -0.2) is 43.8 Å². The molecule has 1 rings (SSSR count). The Morgan fingerprint density at radius 1 is 1.00 bits per heavy atom. The molecule has 1 aliphatic heterocycles. The molecule has 2 N–H and O–H groups in total. The predicted molar refractivity (Wildman–Crippen MR) is 43.3 cm³/mol. The van der Waals surface area contributed by atoms with E-state index >= 15 is 0 Å². The van der Waals surface area contributed by atoms with Crippen LogP contribution < -0.4 is 0 Å². The molecule has 1 saturated heterocycles. The van der Waals surface area contributed by atoms with Crippen molar-refractivity contribution >= 4 is 7.18 Å². The van der Waals surface area contributed by atoms with E-state index in [1.807, 2.05) is 0 Å². The van der Waals surface area contributed by atoms with Gasteiger partial charge in [0.1, 0.15) is 13.2 Å². The number of rotatable bonds is 2. The molecule has 0 unspecified atom stereocenters. The van der Waals surface area contributed by atoms with Crippen molar-refractivity contribution in [3.05, 3.63) is 0 Å². The Bertz CT molecular complexity index is 123. The number of hydrogen-bond acceptors (Lipinski definition) is 2. The smallest absolute Gasteiger partial charge is 0.582 e. The number of hydrogen-bond donors (Lipinski definition) is 2. The van der Waals surface area contributed by atoms with Gasteiger partial charge in [0.15, 0.2) is 0 Å². The molecule has 3 nitrogen and oxygen atoms in total. The fourth-order valence-electron chi connectivity index (χ4n) is 0.944. The van der Waals surface area contributed by atoms with Crippen LogP contribution in [0.25, 0.3) is 0 Å².